The zero-order valence-electron chi connectivity index (χ0n) is 9.87. The number of hydrogen-bond donors (Lipinski definition) is 1. The first-order valence-corrected chi connectivity index (χ1v) is 6.00. The maximum atomic E-state index is 12.7. The van der Waals surface area contributed by atoms with Gasteiger partial charge in [0.05, 0.1) is 10.9 Å². The molecule has 0 spiro atoms. The fraction of sp³-hybridized carbons (Fsp3) is 0.0769. The van der Waals surface area contributed by atoms with Crippen molar-refractivity contribution in [1.82, 2.24) is 15.0 Å². The number of aromatic nitrogens is 3. The normalized spacial score (nSPS) is 12.0. The van der Waals surface area contributed by atoms with Crippen molar-refractivity contribution in [2.45, 2.75) is 6.18 Å². The lowest BCUT2D eigenvalue weighted by atomic mass is 10.0. The molecule has 0 aliphatic carbocycles. The Hall–Kier alpha value is -2.08. The molecule has 0 amide bonds. The lowest BCUT2D eigenvalue weighted by Crippen LogP contribution is -2.04. The smallest absolute Gasteiger partial charge is 0.345 e. The average molecular weight is 298 g/mol. The van der Waals surface area contributed by atoms with E-state index < -0.39 is 11.7 Å². The number of hydrogen-bond acceptors (Lipinski definition) is 2. The molecule has 0 saturated heterocycles. The van der Waals surface area contributed by atoms with Crippen LogP contribution in [0.3, 0.4) is 0 Å². The second-order valence-corrected chi connectivity index (χ2v) is 4.53. The van der Waals surface area contributed by atoms with E-state index in [0.717, 1.165) is 12.1 Å². The summed E-state index contributed by atoms with van der Waals surface area (Å²) in [4.78, 5) is 10.7. The van der Waals surface area contributed by atoms with E-state index in [9.17, 15) is 13.2 Å². The van der Waals surface area contributed by atoms with Gasteiger partial charge in [0.15, 0.2) is 0 Å². The maximum Gasteiger partial charge on any atom is 0.416 e. The molecule has 1 aromatic carbocycles. The van der Waals surface area contributed by atoms with Gasteiger partial charge in [-0.25, -0.2) is 9.97 Å². The van der Waals surface area contributed by atoms with E-state index in [-0.39, 0.29) is 5.15 Å². The number of nitrogens with one attached hydrogen (secondary N) is 1. The lowest BCUT2D eigenvalue weighted by molar-refractivity contribution is -0.137. The number of aromatic amines is 1. The largest absolute Gasteiger partial charge is 0.416 e. The predicted octanol–water partition coefficient (Wildman–Crippen LogP) is 4.30. The molecule has 3 rings (SSSR count). The molecule has 0 aliphatic rings. The monoisotopic (exact) mass is 297 g/mol. The highest BCUT2D eigenvalue weighted by atomic mass is 35.5. The van der Waals surface area contributed by atoms with E-state index in [1.807, 2.05) is 0 Å². The third-order valence-corrected chi connectivity index (χ3v) is 3.21. The highest BCUT2D eigenvalue weighted by Crippen LogP contribution is 2.35. The Balaban J connectivity index is 2.22. The first-order chi connectivity index (χ1) is 9.47. The Morgan fingerprint density at radius 1 is 1.15 bits per heavy atom. The van der Waals surface area contributed by atoms with Crippen LogP contribution in [0.4, 0.5) is 13.2 Å². The van der Waals surface area contributed by atoms with Crippen LogP contribution in [-0.4, -0.2) is 15.0 Å². The molecule has 20 heavy (non-hydrogen) atoms. The average Bonchev–Trinajstić information content (AvgIpc) is 2.83. The van der Waals surface area contributed by atoms with Crippen molar-refractivity contribution in [2.24, 2.45) is 0 Å². The van der Waals surface area contributed by atoms with Crippen LogP contribution in [0.1, 0.15) is 5.56 Å². The van der Waals surface area contributed by atoms with E-state index in [1.54, 1.807) is 12.3 Å². The van der Waals surface area contributed by atoms with Gasteiger partial charge >= 0.3 is 6.18 Å². The highest BCUT2D eigenvalue weighted by molar-refractivity contribution is 6.35. The van der Waals surface area contributed by atoms with E-state index in [0.29, 0.717) is 22.2 Å². The van der Waals surface area contributed by atoms with Crippen molar-refractivity contribution in [2.75, 3.05) is 0 Å². The topological polar surface area (TPSA) is 41.6 Å². The minimum Gasteiger partial charge on any atom is -0.345 e. The Kier molecular flexibility index (Phi) is 2.90. The van der Waals surface area contributed by atoms with E-state index in [4.69, 9.17) is 11.6 Å². The molecule has 0 atom stereocenters. The summed E-state index contributed by atoms with van der Waals surface area (Å²) in [6.45, 7) is 0. The molecule has 0 saturated carbocycles. The standard InChI is InChI=1S/C13H7ClF3N3/c14-11-10-9(5-18-12(10)20-6-19-11)7-2-1-3-8(4-7)13(15,16)17/h1-6H,(H,18,19,20). The SMILES string of the molecule is FC(F)(F)c1cccc(-c2c[nH]c3ncnc(Cl)c23)c1. The van der Waals surface area contributed by atoms with Crippen molar-refractivity contribution in [3.8, 4) is 11.1 Å². The molecule has 0 radical (unpaired) electrons. The minimum absolute atomic E-state index is 0.198. The molecule has 102 valence electrons. The number of benzene rings is 1. The first-order valence-electron chi connectivity index (χ1n) is 5.62. The second kappa shape index (κ2) is 4.49. The van der Waals surface area contributed by atoms with Crippen LogP contribution < -0.4 is 0 Å². The highest BCUT2D eigenvalue weighted by Gasteiger charge is 2.30. The van der Waals surface area contributed by atoms with Crippen LogP contribution in [0.25, 0.3) is 22.2 Å². The third-order valence-electron chi connectivity index (χ3n) is 2.92. The molecule has 2 aromatic heterocycles. The van der Waals surface area contributed by atoms with Gasteiger partial charge in [0, 0.05) is 11.8 Å². The Labute approximate surface area is 116 Å². The van der Waals surface area contributed by atoms with E-state index in [1.165, 1.54) is 12.4 Å². The summed E-state index contributed by atoms with van der Waals surface area (Å²) < 4.78 is 38.2. The molecule has 3 nitrogen and oxygen atoms in total. The molecule has 0 unspecified atom stereocenters. The van der Waals surface area contributed by atoms with Crippen molar-refractivity contribution in [3.05, 3.63) is 47.5 Å². The van der Waals surface area contributed by atoms with Crippen LogP contribution >= 0.6 is 11.6 Å². The van der Waals surface area contributed by atoms with Crippen LogP contribution in [0, 0.1) is 0 Å². The van der Waals surface area contributed by atoms with Gasteiger partial charge in [0.25, 0.3) is 0 Å². The number of fused-ring (bicyclic) bond motifs is 1. The third kappa shape index (κ3) is 2.12. The summed E-state index contributed by atoms with van der Waals surface area (Å²) in [5.41, 5.74) is 0.717. The van der Waals surface area contributed by atoms with Crippen molar-refractivity contribution >= 4 is 22.6 Å². The van der Waals surface area contributed by atoms with Crippen LogP contribution in [0.15, 0.2) is 36.8 Å². The number of alkyl halides is 3. The summed E-state index contributed by atoms with van der Waals surface area (Å²) in [5, 5.41) is 0.706. The first kappa shape index (κ1) is 12.9. The molecule has 7 heteroatoms. The summed E-state index contributed by atoms with van der Waals surface area (Å²) in [6, 6.07) is 5.04. The van der Waals surface area contributed by atoms with E-state index in [2.05, 4.69) is 15.0 Å². The Morgan fingerprint density at radius 2 is 1.95 bits per heavy atom. The van der Waals surface area contributed by atoms with Crippen LogP contribution in [0.2, 0.25) is 5.15 Å². The molecular formula is C13H7ClF3N3. The van der Waals surface area contributed by atoms with Gasteiger partial charge in [-0.2, -0.15) is 13.2 Å². The molecule has 0 fully saturated rings. The minimum atomic E-state index is -4.39. The summed E-state index contributed by atoms with van der Waals surface area (Å²) in [7, 11) is 0. The number of nitrogens with zero attached hydrogens (tertiary/aromatic N) is 2. The van der Waals surface area contributed by atoms with Gasteiger partial charge in [0.1, 0.15) is 17.1 Å². The lowest BCUT2D eigenvalue weighted by Gasteiger charge is -2.08. The van der Waals surface area contributed by atoms with Gasteiger partial charge in [-0.15, -0.1) is 0 Å². The fourth-order valence-electron chi connectivity index (χ4n) is 2.02. The molecule has 2 heterocycles. The molecular weight excluding hydrogens is 291 g/mol. The second-order valence-electron chi connectivity index (χ2n) is 4.17. The van der Waals surface area contributed by atoms with Crippen molar-refractivity contribution in [1.29, 1.82) is 0 Å². The molecule has 0 aliphatic heterocycles. The van der Waals surface area contributed by atoms with Gasteiger partial charge in [-0.05, 0) is 17.7 Å². The molecule has 3 aromatic rings. The molecule has 0 bridgehead atoms. The van der Waals surface area contributed by atoms with Crippen LogP contribution in [-0.2, 0) is 6.18 Å². The Bertz CT molecular complexity index is 780. The number of halogens is 4. The maximum absolute atomic E-state index is 12.7. The van der Waals surface area contributed by atoms with Gasteiger partial charge in [-0.1, -0.05) is 23.7 Å². The molecule has 1 N–H and O–H groups in total. The zero-order chi connectivity index (χ0) is 14.3. The number of rotatable bonds is 1. The Morgan fingerprint density at radius 3 is 2.70 bits per heavy atom. The van der Waals surface area contributed by atoms with Gasteiger partial charge in [0.2, 0.25) is 0 Å². The number of H-pyrrole nitrogens is 1. The van der Waals surface area contributed by atoms with E-state index >= 15 is 0 Å². The zero-order valence-corrected chi connectivity index (χ0v) is 10.6. The van der Waals surface area contributed by atoms with Gasteiger partial charge < -0.3 is 4.98 Å². The summed E-state index contributed by atoms with van der Waals surface area (Å²) in [6.07, 6.45) is -1.53. The van der Waals surface area contributed by atoms with Crippen LogP contribution in [0.5, 0.6) is 0 Å². The summed E-state index contributed by atoms with van der Waals surface area (Å²) >= 11 is 5.99. The summed E-state index contributed by atoms with van der Waals surface area (Å²) in [5.74, 6) is 0. The fourth-order valence-corrected chi connectivity index (χ4v) is 2.25. The van der Waals surface area contributed by atoms with Crippen molar-refractivity contribution in [3.63, 3.8) is 0 Å². The van der Waals surface area contributed by atoms with Crippen molar-refractivity contribution < 1.29 is 13.2 Å². The quantitative estimate of drug-likeness (QED) is 0.681. The van der Waals surface area contributed by atoms with Gasteiger partial charge in [-0.3, -0.25) is 0 Å². The predicted molar refractivity (Wildman–Crippen MR) is 69.3 cm³/mol.